The van der Waals surface area contributed by atoms with Crippen molar-refractivity contribution in [2.24, 2.45) is 0 Å². The Bertz CT molecular complexity index is 809. The van der Waals surface area contributed by atoms with Gasteiger partial charge in [0, 0.05) is 16.6 Å². The van der Waals surface area contributed by atoms with Crippen LogP contribution in [0, 0.1) is 24.4 Å². The van der Waals surface area contributed by atoms with Gasteiger partial charge in [-0.2, -0.15) is 0 Å². The lowest BCUT2D eigenvalue weighted by atomic mass is 10.2. The maximum atomic E-state index is 13.5. The largest absolute Gasteiger partial charge is 0.277 e. The van der Waals surface area contributed by atoms with Crippen LogP contribution in [0.5, 0.6) is 0 Å². The first kappa shape index (κ1) is 15.8. The maximum Gasteiger partial charge on any atom is 0.261 e. The van der Waals surface area contributed by atoms with Crippen molar-refractivity contribution in [2.45, 2.75) is 11.8 Å². The minimum absolute atomic E-state index is 0.118. The summed E-state index contributed by atoms with van der Waals surface area (Å²) in [7, 11) is -4.10. The molecule has 0 aliphatic carbocycles. The Hall–Kier alpha value is -1.54. The molecule has 0 aliphatic heterocycles. The molecule has 112 valence electrons. The molecule has 2 aromatic rings. The first-order valence-electron chi connectivity index (χ1n) is 5.64. The van der Waals surface area contributed by atoms with Gasteiger partial charge in [0.25, 0.3) is 10.0 Å². The Labute approximate surface area is 128 Å². The molecule has 2 aromatic carbocycles. The fourth-order valence-corrected chi connectivity index (χ4v) is 2.98. The van der Waals surface area contributed by atoms with Crippen LogP contribution < -0.4 is 4.72 Å². The Morgan fingerprint density at radius 2 is 1.62 bits per heavy atom. The van der Waals surface area contributed by atoms with Gasteiger partial charge in [-0.05, 0) is 30.7 Å². The summed E-state index contributed by atoms with van der Waals surface area (Å²) < 4.78 is 66.2. The Kier molecular flexibility index (Phi) is 4.29. The highest BCUT2D eigenvalue weighted by atomic mass is 79.9. The number of nitrogens with one attached hydrogen (secondary N) is 1. The summed E-state index contributed by atoms with van der Waals surface area (Å²) >= 11 is 3.23. The molecule has 0 amide bonds. The van der Waals surface area contributed by atoms with Gasteiger partial charge in [-0.15, -0.1) is 0 Å². The highest BCUT2D eigenvalue weighted by Gasteiger charge is 2.19. The fourth-order valence-electron chi connectivity index (χ4n) is 1.59. The molecule has 21 heavy (non-hydrogen) atoms. The van der Waals surface area contributed by atoms with E-state index < -0.39 is 33.2 Å². The van der Waals surface area contributed by atoms with Gasteiger partial charge in [-0.1, -0.05) is 15.9 Å². The molecular formula is C13H9BrF3NO2S. The van der Waals surface area contributed by atoms with E-state index in [0.29, 0.717) is 16.1 Å². The van der Waals surface area contributed by atoms with Crippen LogP contribution in [0.2, 0.25) is 0 Å². The molecule has 0 saturated carbocycles. The molecule has 2 rings (SSSR count). The molecule has 0 atom stereocenters. The molecule has 0 aromatic heterocycles. The molecule has 0 fully saturated rings. The van der Waals surface area contributed by atoms with Crippen molar-refractivity contribution in [2.75, 3.05) is 4.72 Å². The average Bonchev–Trinajstić information content (AvgIpc) is 2.39. The minimum atomic E-state index is -4.10. The molecule has 8 heteroatoms. The van der Waals surface area contributed by atoms with E-state index in [1.807, 2.05) is 4.72 Å². The molecule has 0 aliphatic rings. The molecule has 0 unspecified atom stereocenters. The summed E-state index contributed by atoms with van der Waals surface area (Å²) in [6.07, 6.45) is 0. The second-order valence-electron chi connectivity index (χ2n) is 4.26. The molecule has 0 spiro atoms. The van der Waals surface area contributed by atoms with Gasteiger partial charge in [-0.25, -0.2) is 21.6 Å². The van der Waals surface area contributed by atoms with E-state index in [1.54, 1.807) is 6.92 Å². The normalized spacial score (nSPS) is 11.5. The molecule has 0 saturated heterocycles. The van der Waals surface area contributed by atoms with E-state index in [1.165, 1.54) is 18.2 Å². The smallest absolute Gasteiger partial charge is 0.261 e. The quantitative estimate of drug-likeness (QED) is 0.819. The van der Waals surface area contributed by atoms with Crippen molar-refractivity contribution in [3.8, 4) is 0 Å². The second-order valence-corrected chi connectivity index (χ2v) is 6.80. The van der Waals surface area contributed by atoms with E-state index in [9.17, 15) is 21.6 Å². The number of benzene rings is 2. The van der Waals surface area contributed by atoms with E-state index >= 15 is 0 Å². The van der Waals surface area contributed by atoms with E-state index in [0.717, 1.165) is 0 Å². The Morgan fingerprint density at radius 1 is 1.00 bits per heavy atom. The number of halogens is 4. The van der Waals surface area contributed by atoms with Crippen LogP contribution in [-0.4, -0.2) is 8.42 Å². The molecule has 1 N–H and O–H groups in total. The van der Waals surface area contributed by atoms with Gasteiger partial charge < -0.3 is 0 Å². The number of anilines is 1. The van der Waals surface area contributed by atoms with Gasteiger partial charge in [0.1, 0.15) is 5.82 Å². The Balaban J connectivity index is 2.42. The minimum Gasteiger partial charge on any atom is -0.277 e. The van der Waals surface area contributed by atoms with Crippen molar-refractivity contribution < 1.29 is 21.6 Å². The van der Waals surface area contributed by atoms with Gasteiger partial charge in [0.2, 0.25) is 0 Å². The second kappa shape index (κ2) is 5.69. The lowest BCUT2D eigenvalue weighted by Crippen LogP contribution is -2.14. The predicted molar refractivity (Wildman–Crippen MR) is 76.0 cm³/mol. The summed E-state index contributed by atoms with van der Waals surface area (Å²) in [5, 5.41) is 0. The van der Waals surface area contributed by atoms with Gasteiger partial charge in [0.05, 0.1) is 10.6 Å². The van der Waals surface area contributed by atoms with Crippen molar-refractivity contribution >= 4 is 31.6 Å². The van der Waals surface area contributed by atoms with Crippen LogP contribution in [0.4, 0.5) is 18.9 Å². The zero-order chi connectivity index (χ0) is 15.8. The van der Waals surface area contributed by atoms with Crippen molar-refractivity contribution in [3.05, 3.63) is 57.8 Å². The lowest BCUT2D eigenvalue weighted by Gasteiger charge is -2.10. The summed E-state index contributed by atoms with van der Waals surface area (Å²) in [4.78, 5) is -0.118. The predicted octanol–water partition coefficient (Wildman–Crippen LogP) is 3.98. The summed E-state index contributed by atoms with van der Waals surface area (Å²) in [6, 6.07) is 4.92. The van der Waals surface area contributed by atoms with Crippen LogP contribution in [0.25, 0.3) is 0 Å². The number of rotatable bonds is 3. The third kappa shape index (κ3) is 3.38. The van der Waals surface area contributed by atoms with Crippen LogP contribution in [0.1, 0.15) is 5.56 Å². The maximum absolute atomic E-state index is 13.5. The summed E-state index contributed by atoms with van der Waals surface area (Å²) in [5.74, 6) is -3.94. The molecule has 3 nitrogen and oxygen atoms in total. The van der Waals surface area contributed by atoms with Gasteiger partial charge in [-0.3, -0.25) is 4.72 Å². The van der Waals surface area contributed by atoms with Crippen LogP contribution >= 0.6 is 15.9 Å². The zero-order valence-electron chi connectivity index (χ0n) is 10.6. The highest BCUT2D eigenvalue weighted by molar-refractivity contribution is 9.10. The number of aryl methyl sites for hydroxylation is 1. The third-order valence-electron chi connectivity index (χ3n) is 2.69. The SMILES string of the molecule is Cc1cc(S(=O)(=O)Nc2cc(F)c(F)cc2F)ccc1Br. The Morgan fingerprint density at radius 3 is 2.24 bits per heavy atom. The fraction of sp³-hybridized carbons (Fsp3) is 0.0769. The average molecular weight is 380 g/mol. The molecule has 0 radical (unpaired) electrons. The molecular weight excluding hydrogens is 371 g/mol. The van der Waals surface area contributed by atoms with E-state index in [-0.39, 0.29) is 11.0 Å². The van der Waals surface area contributed by atoms with Crippen LogP contribution in [-0.2, 0) is 10.0 Å². The zero-order valence-corrected chi connectivity index (χ0v) is 13.0. The van der Waals surface area contributed by atoms with Gasteiger partial charge >= 0.3 is 0 Å². The van der Waals surface area contributed by atoms with Crippen LogP contribution in [0.3, 0.4) is 0 Å². The van der Waals surface area contributed by atoms with Gasteiger partial charge in [0.15, 0.2) is 11.6 Å². The topological polar surface area (TPSA) is 46.2 Å². The lowest BCUT2D eigenvalue weighted by molar-refractivity contribution is 0.496. The van der Waals surface area contributed by atoms with Crippen molar-refractivity contribution in [1.82, 2.24) is 0 Å². The first-order chi connectivity index (χ1) is 9.70. The number of hydrogen-bond donors (Lipinski definition) is 1. The molecule has 0 heterocycles. The monoisotopic (exact) mass is 379 g/mol. The molecule has 0 bridgehead atoms. The third-order valence-corrected chi connectivity index (χ3v) is 4.95. The standard InChI is InChI=1S/C13H9BrF3NO2S/c1-7-4-8(2-3-9(7)14)21(19,20)18-13-6-11(16)10(15)5-12(13)17/h2-6,18H,1H3. The number of hydrogen-bond acceptors (Lipinski definition) is 2. The van der Waals surface area contributed by atoms with Crippen molar-refractivity contribution in [3.63, 3.8) is 0 Å². The number of sulfonamides is 1. The summed E-state index contributed by atoms with van der Waals surface area (Å²) in [6.45, 7) is 1.68. The van der Waals surface area contributed by atoms with E-state index in [2.05, 4.69) is 15.9 Å². The highest BCUT2D eigenvalue weighted by Crippen LogP contribution is 2.24. The first-order valence-corrected chi connectivity index (χ1v) is 7.92. The van der Waals surface area contributed by atoms with E-state index in [4.69, 9.17) is 0 Å². The van der Waals surface area contributed by atoms with Crippen LogP contribution in [0.15, 0.2) is 39.7 Å². The summed E-state index contributed by atoms with van der Waals surface area (Å²) in [5.41, 5.74) is -0.00175. The van der Waals surface area contributed by atoms with Crippen molar-refractivity contribution in [1.29, 1.82) is 0 Å².